The minimum absolute atomic E-state index is 0.164. The molecule has 116 valence electrons. The molecule has 0 radical (unpaired) electrons. The van der Waals surface area contributed by atoms with Crippen molar-refractivity contribution in [3.05, 3.63) is 34.4 Å². The predicted octanol–water partition coefficient (Wildman–Crippen LogP) is 4.63. The number of nitrogens with zero attached hydrogens (tertiary/aromatic N) is 1. The van der Waals surface area contributed by atoms with Gasteiger partial charge in [-0.1, -0.05) is 37.0 Å². The van der Waals surface area contributed by atoms with Crippen molar-refractivity contribution in [3.63, 3.8) is 0 Å². The lowest BCUT2D eigenvalue weighted by Gasteiger charge is -2.34. The van der Waals surface area contributed by atoms with Crippen LogP contribution in [-0.2, 0) is 0 Å². The first kappa shape index (κ1) is 16.4. The summed E-state index contributed by atoms with van der Waals surface area (Å²) < 4.78 is 0. The van der Waals surface area contributed by atoms with Crippen molar-refractivity contribution in [2.24, 2.45) is 0 Å². The maximum atomic E-state index is 13.1. The van der Waals surface area contributed by atoms with Gasteiger partial charge in [0.05, 0.1) is 0 Å². The van der Waals surface area contributed by atoms with Crippen molar-refractivity contribution in [2.45, 2.75) is 58.9 Å². The van der Waals surface area contributed by atoms with Crippen LogP contribution in [0.3, 0.4) is 0 Å². The summed E-state index contributed by atoms with van der Waals surface area (Å²) >= 11 is 5.96. The quantitative estimate of drug-likeness (QED) is 0.743. The summed E-state index contributed by atoms with van der Waals surface area (Å²) in [5.41, 5.74) is 4.24. The Bertz CT molecular complexity index is 483. The van der Waals surface area contributed by atoms with E-state index in [4.69, 9.17) is 11.6 Å². The molecule has 1 aromatic carbocycles. The molecular weight excluding hydrogens is 282 g/mol. The SMILES string of the molecule is Cc1cc(C)c(C(=O)N(CCCl)C2CCCCC2)c(C)c1. The van der Waals surface area contributed by atoms with Crippen molar-refractivity contribution in [1.29, 1.82) is 0 Å². The van der Waals surface area contributed by atoms with Gasteiger partial charge in [-0.05, 0) is 44.7 Å². The zero-order chi connectivity index (χ0) is 15.4. The molecule has 0 aliphatic heterocycles. The standard InChI is InChI=1S/C18H26ClNO/c1-13-11-14(2)17(15(3)12-13)18(21)20(10-9-19)16-7-5-4-6-8-16/h11-12,16H,4-10H2,1-3H3. The number of carbonyl (C=O) groups is 1. The van der Waals surface area contributed by atoms with Crippen LogP contribution in [0.5, 0.6) is 0 Å². The molecule has 1 saturated carbocycles. The van der Waals surface area contributed by atoms with Crippen LogP contribution in [0.4, 0.5) is 0 Å². The second-order valence-electron chi connectivity index (χ2n) is 6.25. The Morgan fingerprint density at radius 3 is 2.24 bits per heavy atom. The summed E-state index contributed by atoms with van der Waals surface area (Å²) in [6, 6.07) is 4.56. The van der Waals surface area contributed by atoms with Crippen LogP contribution in [0.2, 0.25) is 0 Å². The molecule has 1 aromatic rings. The zero-order valence-electron chi connectivity index (χ0n) is 13.4. The average molecular weight is 308 g/mol. The Hall–Kier alpha value is -1.02. The van der Waals surface area contributed by atoms with Gasteiger partial charge in [0.15, 0.2) is 0 Å². The van der Waals surface area contributed by atoms with Crippen molar-refractivity contribution in [3.8, 4) is 0 Å². The topological polar surface area (TPSA) is 20.3 Å². The van der Waals surface area contributed by atoms with Crippen LogP contribution in [-0.4, -0.2) is 29.3 Å². The highest BCUT2D eigenvalue weighted by Crippen LogP contribution is 2.26. The third-order valence-corrected chi connectivity index (χ3v) is 4.66. The van der Waals surface area contributed by atoms with Crippen molar-refractivity contribution in [1.82, 2.24) is 4.90 Å². The number of benzene rings is 1. The molecule has 3 heteroatoms. The second-order valence-corrected chi connectivity index (χ2v) is 6.63. The van der Waals surface area contributed by atoms with Gasteiger partial charge in [-0.2, -0.15) is 0 Å². The highest BCUT2D eigenvalue weighted by Gasteiger charge is 2.27. The van der Waals surface area contributed by atoms with Crippen LogP contribution in [0, 0.1) is 20.8 Å². The Labute approximate surface area is 133 Å². The number of amides is 1. The van der Waals surface area contributed by atoms with Crippen molar-refractivity contribution < 1.29 is 4.79 Å². The predicted molar refractivity (Wildman–Crippen MR) is 89.3 cm³/mol. The van der Waals surface area contributed by atoms with Crippen molar-refractivity contribution in [2.75, 3.05) is 12.4 Å². The van der Waals surface area contributed by atoms with Crippen LogP contribution in [0.25, 0.3) is 0 Å². The van der Waals surface area contributed by atoms with E-state index in [9.17, 15) is 4.79 Å². The number of halogens is 1. The van der Waals surface area contributed by atoms with Crippen LogP contribution in [0.1, 0.15) is 59.2 Å². The number of hydrogen-bond donors (Lipinski definition) is 0. The second kappa shape index (κ2) is 7.31. The molecule has 0 N–H and O–H groups in total. The maximum absolute atomic E-state index is 13.1. The number of rotatable bonds is 4. The first-order chi connectivity index (χ1) is 10.0. The fourth-order valence-corrected chi connectivity index (χ4v) is 3.78. The van der Waals surface area contributed by atoms with E-state index in [1.807, 2.05) is 18.7 Å². The zero-order valence-corrected chi connectivity index (χ0v) is 14.2. The number of carbonyl (C=O) groups excluding carboxylic acids is 1. The van der Waals surface area contributed by atoms with Gasteiger partial charge in [-0.15, -0.1) is 11.6 Å². The van der Waals surface area contributed by atoms with Gasteiger partial charge >= 0.3 is 0 Å². The molecule has 0 unspecified atom stereocenters. The molecule has 0 saturated heterocycles. The van der Waals surface area contributed by atoms with Gasteiger partial charge < -0.3 is 4.90 Å². The minimum atomic E-state index is 0.164. The largest absolute Gasteiger partial charge is 0.334 e. The smallest absolute Gasteiger partial charge is 0.254 e. The summed E-state index contributed by atoms with van der Waals surface area (Å²) in [6.07, 6.45) is 5.98. The molecule has 2 nitrogen and oxygen atoms in total. The van der Waals surface area contributed by atoms with Gasteiger partial charge in [0, 0.05) is 24.0 Å². The van der Waals surface area contributed by atoms with E-state index >= 15 is 0 Å². The van der Waals surface area contributed by atoms with Gasteiger partial charge in [0.2, 0.25) is 0 Å². The van der Waals surface area contributed by atoms with Crippen LogP contribution < -0.4 is 0 Å². The van der Waals surface area contributed by atoms with Crippen LogP contribution in [0.15, 0.2) is 12.1 Å². The van der Waals surface area contributed by atoms with E-state index in [-0.39, 0.29) is 5.91 Å². The van der Waals surface area contributed by atoms with E-state index < -0.39 is 0 Å². The first-order valence-electron chi connectivity index (χ1n) is 7.99. The number of aryl methyl sites for hydroxylation is 3. The molecule has 1 fully saturated rings. The Morgan fingerprint density at radius 2 is 1.71 bits per heavy atom. The Morgan fingerprint density at radius 1 is 1.14 bits per heavy atom. The number of alkyl halides is 1. The lowest BCUT2D eigenvalue weighted by atomic mass is 9.92. The average Bonchev–Trinajstić information content (AvgIpc) is 2.44. The maximum Gasteiger partial charge on any atom is 0.254 e. The van der Waals surface area contributed by atoms with E-state index in [1.54, 1.807) is 0 Å². The fraction of sp³-hybridized carbons (Fsp3) is 0.611. The molecule has 1 aliphatic carbocycles. The van der Waals surface area contributed by atoms with Crippen LogP contribution >= 0.6 is 11.6 Å². The molecule has 0 spiro atoms. The summed E-state index contributed by atoms with van der Waals surface area (Å²) in [4.78, 5) is 15.1. The van der Waals surface area contributed by atoms with Gasteiger partial charge in [0.25, 0.3) is 5.91 Å². The Kier molecular flexibility index (Phi) is 5.69. The highest BCUT2D eigenvalue weighted by atomic mass is 35.5. The first-order valence-corrected chi connectivity index (χ1v) is 8.53. The number of hydrogen-bond acceptors (Lipinski definition) is 1. The molecular formula is C18H26ClNO. The molecule has 0 heterocycles. The monoisotopic (exact) mass is 307 g/mol. The van der Waals surface area contributed by atoms with E-state index in [0.717, 1.165) is 29.5 Å². The Balaban J connectivity index is 2.29. The highest BCUT2D eigenvalue weighted by molar-refractivity contribution is 6.18. The van der Waals surface area contributed by atoms with Crippen molar-refractivity contribution >= 4 is 17.5 Å². The molecule has 0 bridgehead atoms. The van der Waals surface area contributed by atoms with E-state index in [2.05, 4.69) is 19.1 Å². The summed E-state index contributed by atoms with van der Waals surface area (Å²) in [7, 11) is 0. The third kappa shape index (κ3) is 3.79. The normalized spacial score (nSPS) is 16.0. The van der Waals surface area contributed by atoms with Gasteiger partial charge in [-0.3, -0.25) is 4.79 Å². The minimum Gasteiger partial charge on any atom is -0.334 e. The van der Waals surface area contributed by atoms with E-state index in [1.165, 1.54) is 24.8 Å². The molecule has 1 aliphatic rings. The molecule has 1 amide bonds. The molecule has 0 atom stereocenters. The fourth-order valence-electron chi connectivity index (χ4n) is 3.59. The van der Waals surface area contributed by atoms with E-state index in [0.29, 0.717) is 18.5 Å². The molecule has 0 aromatic heterocycles. The van der Waals surface area contributed by atoms with Gasteiger partial charge in [0.1, 0.15) is 0 Å². The molecule has 2 rings (SSSR count). The lowest BCUT2D eigenvalue weighted by molar-refractivity contribution is 0.0648. The van der Waals surface area contributed by atoms with Gasteiger partial charge in [-0.25, -0.2) is 0 Å². The molecule has 21 heavy (non-hydrogen) atoms. The lowest BCUT2D eigenvalue weighted by Crippen LogP contribution is -2.43. The summed E-state index contributed by atoms with van der Waals surface area (Å²) in [6.45, 7) is 6.80. The third-order valence-electron chi connectivity index (χ3n) is 4.49. The summed E-state index contributed by atoms with van der Waals surface area (Å²) in [5.74, 6) is 0.671. The summed E-state index contributed by atoms with van der Waals surface area (Å²) in [5, 5.41) is 0.